The van der Waals surface area contributed by atoms with Crippen molar-refractivity contribution < 1.29 is 0 Å². The summed E-state index contributed by atoms with van der Waals surface area (Å²) >= 11 is 9.53. The van der Waals surface area contributed by atoms with Crippen LogP contribution in [0.4, 0.5) is 0 Å². The monoisotopic (exact) mass is 143 g/mol. The summed E-state index contributed by atoms with van der Waals surface area (Å²) in [5, 5.41) is 3.12. The molecule has 0 aliphatic heterocycles. The molecular weight excluding hydrogens is 133 g/mol. The second-order valence-electron chi connectivity index (χ2n) is 0.808. The van der Waals surface area contributed by atoms with Gasteiger partial charge < -0.3 is 5.32 Å². The van der Waals surface area contributed by atoms with Crippen LogP contribution in [0.3, 0.4) is 0 Å². The summed E-state index contributed by atoms with van der Waals surface area (Å²) in [6, 6.07) is 0. The molecule has 0 atom stereocenters. The van der Waals surface area contributed by atoms with Crippen LogP contribution in [0.1, 0.15) is 6.92 Å². The Hall–Kier alpha value is 0.540. The molecule has 0 fully saturated rings. The van der Waals surface area contributed by atoms with Crippen LogP contribution in [0, 0.1) is 0 Å². The molecule has 3 heteroatoms. The molecule has 0 aliphatic carbocycles. The summed E-state index contributed by atoms with van der Waals surface area (Å²) in [7, 11) is 1.93. The third-order valence-electron chi connectivity index (χ3n) is 0.354. The molecule has 0 bridgehead atoms. The van der Waals surface area contributed by atoms with Gasteiger partial charge in [0.15, 0.2) is 0 Å². The fourth-order valence-electron chi connectivity index (χ4n) is 0. The van der Waals surface area contributed by atoms with Gasteiger partial charge in [-0.15, -0.1) is 23.2 Å². The predicted octanol–water partition coefficient (Wildman–Crippen LogP) is 1.65. The molecule has 0 aliphatic rings. The molecule has 7 heavy (non-hydrogen) atoms. The van der Waals surface area contributed by atoms with E-state index >= 15 is 0 Å². The highest BCUT2D eigenvalue weighted by molar-refractivity contribution is 6.40. The van der Waals surface area contributed by atoms with Crippen LogP contribution < -0.4 is 5.32 Å². The van der Waals surface area contributed by atoms with Gasteiger partial charge in [0.25, 0.3) is 0 Å². The minimum absolute atomic E-state index is 0.194. The van der Waals surface area contributed by atoms with Crippen molar-refractivity contribution in [2.24, 2.45) is 0 Å². The zero-order chi connectivity index (χ0) is 6.12. The SMILES string of the molecule is CCNC.ClCCl. The lowest BCUT2D eigenvalue weighted by Gasteiger charge is -1.76. The minimum atomic E-state index is 0.194. The number of hydrogen-bond acceptors (Lipinski definition) is 1. The number of alkyl halides is 2. The topological polar surface area (TPSA) is 12.0 Å². The van der Waals surface area contributed by atoms with Crippen molar-refractivity contribution in [3.63, 3.8) is 0 Å². The Balaban J connectivity index is 0. The van der Waals surface area contributed by atoms with Crippen molar-refractivity contribution in [2.75, 3.05) is 18.9 Å². The minimum Gasteiger partial charge on any atom is -0.320 e. The van der Waals surface area contributed by atoms with Gasteiger partial charge in [-0.1, -0.05) is 6.92 Å². The number of hydrogen-bond donors (Lipinski definition) is 1. The van der Waals surface area contributed by atoms with Crippen LogP contribution >= 0.6 is 23.2 Å². The average Bonchev–Trinajstić information content (AvgIpc) is 1.69. The number of rotatable bonds is 1. The van der Waals surface area contributed by atoms with Crippen molar-refractivity contribution in [3.05, 3.63) is 0 Å². The van der Waals surface area contributed by atoms with Crippen LogP contribution in [-0.4, -0.2) is 18.9 Å². The maximum Gasteiger partial charge on any atom is 0.0967 e. The molecule has 46 valence electrons. The molecule has 0 saturated carbocycles. The Kier molecular flexibility index (Phi) is 24.0. The van der Waals surface area contributed by atoms with Gasteiger partial charge >= 0.3 is 0 Å². The van der Waals surface area contributed by atoms with Gasteiger partial charge in [0, 0.05) is 0 Å². The molecule has 0 heterocycles. The highest BCUT2D eigenvalue weighted by atomic mass is 35.5. The molecule has 0 aromatic heterocycles. The van der Waals surface area contributed by atoms with Gasteiger partial charge in [-0.3, -0.25) is 0 Å². The first kappa shape index (κ1) is 10.5. The van der Waals surface area contributed by atoms with Gasteiger partial charge in [-0.05, 0) is 13.6 Å². The summed E-state index contributed by atoms with van der Waals surface area (Å²) in [5.41, 5.74) is 0. The second kappa shape index (κ2) is 16.0. The summed E-state index contributed by atoms with van der Waals surface area (Å²) < 4.78 is 0. The normalized spacial score (nSPS) is 6.86. The van der Waals surface area contributed by atoms with E-state index in [9.17, 15) is 0 Å². The zero-order valence-electron chi connectivity index (χ0n) is 4.67. The highest BCUT2D eigenvalue weighted by Gasteiger charge is 1.50. The Morgan fingerprint density at radius 1 is 1.43 bits per heavy atom. The molecule has 0 saturated heterocycles. The van der Waals surface area contributed by atoms with Gasteiger partial charge in [-0.2, -0.15) is 0 Å². The van der Waals surface area contributed by atoms with Crippen molar-refractivity contribution >= 4 is 23.2 Å². The maximum absolute atomic E-state index is 4.76. The summed E-state index contributed by atoms with van der Waals surface area (Å²) in [6.45, 7) is 3.14. The molecule has 0 aromatic rings. The van der Waals surface area contributed by atoms with Crippen LogP contribution in [0.5, 0.6) is 0 Å². The standard InChI is InChI=1S/C3H9N.CH2Cl2/c1-3-4-2;2-1-3/h4H,3H2,1-2H3;1H2. The van der Waals surface area contributed by atoms with E-state index in [2.05, 4.69) is 12.2 Å². The molecule has 0 radical (unpaired) electrons. The van der Waals surface area contributed by atoms with Gasteiger partial charge in [0.2, 0.25) is 0 Å². The van der Waals surface area contributed by atoms with Crippen molar-refractivity contribution in [2.45, 2.75) is 6.92 Å². The van der Waals surface area contributed by atoms with E-state index in [0.717, 1.165) is 6.54 Å². The van der Waals surface area contributed by atoms with Gasteiger partial charge in [-0.25, -0.2) is 0 Å². The van der Waals surface area contributed by atoms with Crippen LogP contribution in [0.25, 0.3) is 0 Å². The molecular formula is C4H11Cl2N. The molecule has 0 rings (SSSR count). The number of nitrogens with one attached hydrogen (secondary N) is 1. The van der Waals surface area contributed by atoms with Gasteiger partial charge in [0.05, 0.1) is 5.34 Å². The van der Waals surface area contributed by atoms with Gasteiger partial charge in [0.1, 0.15) is 0 Å². The lowest BCUT2D eigenvalue weighted by atomic mass is 10.8. The molecule has 1 N–H and O–H groups in total. The largest absolute Gasteiger partial charge is 0.320 e. The van der Waals surface area contributed by atoms with E-state index < -0.39 is 0 Å². The van der Waals surface area contributed by atoms with E-state index in [1.165, 1.54) is 0 Å². The zero-order valence-corrected chi connectivity index (χ0v) is 6.18. The first-order valence-corrected chi connectivity index (χ1v) is 3.16. The Labute approximate surface area is 55.0 Å². The fraction of sp³-hybridized carbons (Fsp3) is 1.00. The lowest BCUT2D eigenvalue weighted by molar-refractivity contribution is 0.864. The third-order valence-corrected chi connectivity index (χ3v) is 0.354. The first-order valence-electron chi connectivity index (χ1n) is 2.10. The highest BCUT2D eigenvalue weighted by Crippen LogP contribution is 1.73. The summed E-state index contributed by atoms with van der Waals surface area (Å²) in [6.07, 6.45) is 0. The van der Waals surface area contributed by atoms with Crippen molar-refractivity contribution in [1.29, 1.82) is 0 Å². The quantitative estimate of drug-likeness (QED) is 0.551. The Morgan fingerprint density at radius 3 is 1.57 bits per heavy atom. The smallest absolute Gasteiger partial charge is 0.0967 e. The van der Waals surface area contributed by atoms with Crippen molar-refractivity contribution in [1.82, 2.24) is 5.32 Å². The fourth-order valence-corrected chi connectivity index (χ4v) is 0. The van der Waals surface area contributed by atoms with Crippen molar-refractivity contribution in [3.8, 4) is 0 Å². The lowest BCUT2D eigenvalue weighted by Crippen LogP contribution is -2.01. The number of halogens is 2. The molecule has 0 unspecified atom stereocenters. The molecule has 0 aromatic carbocycles. The Morgan fingerprint density at radius 2 is 1.57 bits per heavy atom. The van der Waals surface area contributed by atoms with E-state index in [1.54, 1.807) is 0 Å². The van der Waals surface area contributed by atoms with E-state index in [4.69, 9.17) is 23.2 Å². The predicted molar refractivity (Wildman–Crippen MR) is 36.2 cm³/mol. The van der Waals surface area contributed by atoms with E-state index in [1.807, 2.05) is 7.05 Å². The first-order chi connectivity index (χ1) is 3.33. The van der Waals surface area contributed by atoms with Crippen LogP contribution in [0.15, 0.2) is 0 Å². The third kappa shape index (κ3) is 56.8. The van der Waals surface area contributed by atoms with Crippen LogP contribution in [0.2, 0.25) is 0 Å². The average molecular weight is 144 g/mol. The van der Waals surface area contributed by atoms with E-state index in [0.29, 0.717) is 0 Å². The second-order valence-corrected chi connectivity index (χ2v) is 1.62. The summed E-state index contributed by atoms with van der Waals surface area (Å²) in [4.78, 5) is 0. The summed E-state index contributed by atoms with van der Waals surface area (Å²) in [5.74, 6) is 0. The molecule has 1 nitrogen and oxygen atoms in total. The van der Waals surface area contributed by atoms with E-state index in [-0.39, 0.29) is 5.34 Å². The maximum atomic E-state index is 4.76. The van der Waals surface area contributed by atoms with Crippen LogP contribution in [-0.2, 0) is 0 Å². The molecule has 0 amide bonds. The molecule has 0 spiro atoms. The Bertz CT molecular complexity index is 17.2.